The van der Waals surface area contributed by atoms with Crippen molar-refractivity contribution in [1.29, 1.82) is 0 Å². The molecule has 0 bridgehead atoms. The number of hydrogen-bond donors (Lipinski definition) is 0. The Labute approximate surface area is 104 Å². The van der Waals surface area contributed by atoms with Crippen molar-refractivity contribution in [3.63, 3.8) is 0 Å². The maximum Gasteiger partial charge on any atom is 0.0237 e. The first-order valence-electron chi connectivity index (χ1n) is 6.90. The normalized spacial score (nSPS) is 24.4. The average molecular weight is 224 g/mol. The Morgan fingerprint density at radius 2 is 1.59 bits per heavy atom. The lowest BCUT2D eigenvalue weighted by Crippen LogP contribution is -2.00. The lowest BCUT2D eigenvalue weighted by molar-refractivity contribution is 0.609. The topological polar surface area (TPSA) is 0 Å². The van der Waals surface area contributed by atoms with Crippen LogP contribution in [0.4, 0.5) is 0 Å². The molecule has 88 valence electrons. The van der Waals surface area contributed by atoms with Crippen molar-refractivity contribution in [2.24, 2.45) is 0 Å². The van der Waals surface area contributed by atoms with Crippen molar-refractivity contribution >= 4 is 0 Å². The summed E-state index contributed by atoms with van der Waals surface area (Å²) in [5.74, 6) is 0.573. The lowest BCUT2D eigenvalue weighted by atomic mass is 9.86. The molecule has 0 spiro atoms. The zero-order chi connectivity index (χ0) is 11.5. The molecule has 0 aromatic heterocycles. The van der Waals surface area contributed by atoms with Gasteiger partial charge in [-0.3, -0.25) is 0 Å². The van der Waals surface area contributed by atoms with Crippen LogP contribution in [0.25, 0.3) is 0 Å². The number of allylic oxidation sites excluding steroid dienone is 4. The first-order chi connectivity index (χ1) is 8.45. The molecule has 0 fully saturated rings. The van der Waals surface area contributed by atoms with Gasteiger partial charge in [0.25, 0.3) is 0 Å². The standard InChI is InChI=1S/C17H20/c1-2-7-11-16-15(10-4-1)12-13-17(16)14-8-5-3-6-9-14/h3,5-6,8-9,12-13,17H,1-2,4,7,10-11H2. The minimum Gasteiger partial charge on any atom is -0.0727 e. The second-order valence-corrected chi connectivity index (χ2v) is 5.21. The highest BCUT2D eigenvalue weighted by molar-refractivity contribution is 5.46. The van der Waals surface area contributed by atoms with Crippen LogP contribution in [0.5, 0.6) is 0 Å². The summed E-state index contributed by atoms with van der Waals surface area (Å²) < 4.78 is 0. The minimum absolute atomic E-state index is 0.573. The molecule has 0 saturated carbocycles. The molecule has 0 N–H and O–H groups in total. The van der Waals surface area contributed by atoms with Crippen molar-refractivity contribution in [1.82, 2.24) is 0 Å². The molecule has 0 saturated heterocycles. The Balaban J connectivity index is 1.90. The van der Waals surface area contributed by atoms with E-state index in [0.717, 1.165) is 0 Å². The molecular weight excluding hydrogens is 204 g/mol. The quantitative estimate of drug-likeness (QED) is 0.630. The Morgan fingerprint density at radius 3 is 2.41 bits per heavy atom. The van der Waals surface area contributed by atoms with E-state index in [2.05, 4.69) is 42.5 Å². The van der Waals surface area contributed by atoms with Crippen molar-refractivity contribution in [3.05, 3.63) is 59.2 Å². The molecule has 0 heterocycles. The second kappa shape index (κ2) is 4.91. The van der Waals surface area contributed by atoms with Crippen LogP contribution >= 0.6 is 0 Å². The van der Waals surface area contributed by atoms with E-state index in [1.165, 1.54) is 44.1 Å². The third-order valence-corrected chi connectivity index (χ3v) is 4.08. The molecule has 2 aliphatic rings. The molecule has 0 nitrogen and oxygen atoms in total. The molecule has 17 heavy (non-hydrogen) atoms. The zero-order valence-corrected chi connectivity index (χ0v) is 10.4. The number of benzene rings is 1. The lowest BCUT2D eigenvalue weighted by Gasteiger charge is -2.18. The summed E-state index contributed by atoms with van der Waals surface area (Å²) in [7, 11) is 0. The first-order valence-corrected chi connectivity index (χ1v) is 6.90. The monoisotopic (exact) mass is 224 g/mol. The van der Waals surface area contributed by atoms with Gasteiger partial charge in [-0.1, -0.05) is 60.9 Å². The highest BCUT2D eigenvalue weighted by Gasteiger charge is 2.22. The largest absolute Gasteiger partial charge is 0.0727 e. The van der Waals surface area contributed by atoms with Gasteiger partial charge in [-0.05, 0) is 36.8 Å². The summed E-state index contributed by atoms with van der Waals surface area (Å²) in [5, 5.41) is 0. The Hall–Kier alpha value is -1.30. The van der Waals surface area contributed by atoms with Gasteiger partial charge in [-0.25, -0.2) is 0 Å². The first kappa shape index (κ1) is 10.8. The van der Waals surface area contributed by atoms with E-state index in [0.29, 0.717) is 5.92 Å². The fourth-order valence-corrected chi connectivity index (χ4v) is 3.15. The van der Waals surface area contributed by atoms with Crippen molar-refractivity contribution in [2.75, 3.05) is 0 Å². The molecule has 2 aliphatic carbocycles. The highest BCUT2D eigenvalue weighted by Crippen LogP contribution is 2.39. The Morgan fingerprint density at radius 1 is 0.824 bits per heavy atom. The summed E-state index contributed by atoms with van der Waals surface area (Å²) in [5.41, 5.74) is 4.81. The van der Waals surface area contributed by atoms with E-state index in [1.807, 2.05) is 0 Å². The van der Waals surface area contributed by atoms with Crippen LogP contribution in [0.1, 0.15) is 50.0 Å². The Bertz CT molecular complexity index is 436. The SMILES string of the molecule is C1=CC(c2ccccc2)C2=C1CCCCCC2. The van der Waals surface area contributed by atoms with Gasteiger partial charge < -0.3 is 0 Å². The molecular formula is C17H20. The van der Waals surface area contributed by atoms with Crippen molar-refractivity contribution in [2.45, 2.75) is 44.4 Å². The van der Waals surface area contributed by atoms with Crippen LogP contribution in [0.2, 0.25) is 0 Å². The Kier molecular flexibility index (Phi) is 3.13. The summed E-state index contributed by atoms with van der Waals surface area (Å²) in [6.07, 6.45) is 13.0. The molecule has 1 unspecified atom stereocenters. The zero-order valence-electron chi connectivity index (χ0n) is 10.4. The summed E-state index contributed by atoms with van der Waals surface area (Å²) in [6, 6.07) is 11.0. The summed E-state index contributed by atoms with van der Waals surface area (Å²) in [6.45, 7) is 0. The van der Waals surface area contributed by atoms with Crippen LogP contribution in [0, 0.1) is 0 Å². The summed E-state index contributed by atoms with van der Waals surface area (Å²) in [4.78, 5) is 0. The van der Waals surface area contributed by atoms with E-state index in [9.17, 15) is 0 Å². The van der Waals surface area contributed by atoms with Gasteiger partial charge >= 0.3 is 0 Å². The van der Waals surface area contributed by atoms with Crippen molar-refractivity contribution in [3.8, 4) is 0 Å². The smallest absolute Gasteiger partial charge is 0.0237 e. The van der Waals surface area contributed by atoms with E-state index in [1.54, 1.807) is 11.1 Å². The van der Waals surface area contributed by atoms with Crippen LogP contribution in [0.3, 0.4) is 0 Å². The fourth-order valence-electron chi connectivity index (χ4n) is 3.15. The van der Waals surface area contributed by atoms with Crippen LogP contribution in [0.15, 0.2) is 53.6 Å². The molecule has 0 aliphatic heterocycles. The average Bonchev–Trinajstić information content (AvgIpc) is 2.72. The number of rotatable bonds is 1. The van der Waals surface area contributed by atoms with Gasteiger partial charge in [-0.15, -0.1) is 0 Å². The highest BCUT2D eigenvalue weighted by atomic mass is 14.3. The number of hydrogen-bond acceptors (Lipinski definition) is 0. The maximum atomic E-state index is 2.41. The predicted molar refractivity (Wildman–Crippen MR) is 73.1 cm³/mol. The van der Waals surface area contributed by atoms with Gasteiger partial charge in [0, 0.05) is 5.92 Å². The molecule has 3 rings (SSSR count). The van der Waals surface area contributed by atoms with Gasteiger partial charge in [0.2, 0.25) is 0 Å². The summed E-state index contributed by atoms with van der Waals surface area (Å²) >= 11 is 0. The third kappa shape index (κ3) is 2.22. The van der Waals surface area contributed by atoms with Gasteiger partial charge in [0.1, 0.15) is 0 Å². The molecule has 1 aromatic carbocycles. The van der Waals surface area contributed by atoms with Crippen LogP contribution in [-0.4, -0.2) is 0 Å². The van der Waals surface area contributed by atoms with Crippen LogP contribution < -0.4 is 0 Å². The van der Waals surface area contributed by atoms with E-state index >= 15 is 0 Å². The van der Waals surface area contributed by atoms with Gasteiger partial charge in [0.15, 0.2) is 0 Å². The van der Waals surface area contributed by atoms with E-state index < -0.39 is 0 Å². The predicted octanol–water partition coefficient (Wildman–Crippen LogP) is 4.99. The van der Waals surface area contributed by atoms with Crippen molar-refractivity contribution < 1.29 is 0 Å². The molecule has 0 radical (unpaired) electrons. The van der Waals surface area contributed by atoms with Crippen LogP contribution in [-0.2, 0) is 0 Å². The second-order valence-electron chi connectivity index (χ2n) is 5.21. The minimum atomic E-state index is 0.573. The fraction of sp³-hybridized carbons (Fsp3) is 0.412. The van der Waals surface area contributed by atoms with Gasteiger partial charge in [-0.2, -0.15) is 0 Å². The van der Waals surface area contributed by atoms with E-state index in [4.69, 9.17) is 0 Å². The van der Waals surface area contributed by atoms with Gasteiger partial charge in [0.05, 0.1) is 0 Å². The van der Waals surface area contributed by atoms with E-state index in [-0.39, 0.29) is 0 Å². The third-order valence-electron chi connectivity index (χ3n) is 4.08. The molecule has 1 aromatic rings. The molecule has 1 atom stereocenters. The molecule has 0 amide bonds. The molecule has 0 heteroatoms. The maximum absolute atomic E-state index is 2.41.